The molecule has 4 rings (SSSR count). The second-order valence-corrected chi connectivity index (χ2v) is 8.49. The Balaban J connectivity index is 1.46. The van der Waals surface area contributed by atoms with E-state index in [1.165, 1.54) is 24.3 Å². The van der Waals surface area contributed by atoms with Gasteiger partial charge in [-0.25, -0.2) is 8.42 Å². The molecule has 0 unspecified atom stereocenters. The van der Waals surface area contributed by atoms with Crippen LogP contribution in [0.25, 0.3) is 0 Å². The molecule has 0 aromatic heterocycles. The fraction of sp³-hybridized carbons (Fsp3) is 0.200. The second kappa shape index (κ2) is 7.34. The fourth-order valence-corrected chi connectivity index (χ4v) is 4.62. The summed E-state index contributed by atoms with van der Waals surface area (Å²) in [6.07, 6.45) is 2.00. The first kappa shape index (κ1) is 19.2. The van der Waals surface area contributed by atoms with E-state index in [0.29, 0.717) is 11.4 Å². The lowest BCUT2D eigenvalue weighted by molar-refractivity contribution is -0.313. The van der Waals surface area contributed by atoms with E-state index < -0.39 is 45.9 Å². The van der Waals surface area contributed by atoms with Crippen LogP contribution in [-0.2, 0) is 24.3 Å². The van der Waals surface area contributed by atoms with Gasteiger partial charge in [0.25, 0.3) is 10.0 Å². The molecule has 29 heavy (non-hydrogen) atoms. The molecule has 1 amide bonds. The molecular weight excluding hydrogens is 396 g/mol. The number of sulfonamides is 1. The lowest BCUT2D eigenvalue weighted by Gasteiger charge is -2.25. The molecule has 0 spiro atoms. The third-order valence-electron chi connectivity index (χ3n) is 4.93. The molecule has 9 heteroatoms. The number of anilines is 2. The summed E-state index contributed by atoms with van der Waals surface area (Å²) in [4.78, 5) is 24.0. The van der Waals surface area contributed by atoms with Gasteiger partial charge in [0.05, 0.1) is 23.0 Å². The first-order valence-electron chi connectivity index (χ1n) is 8.88. The van der Waals surface area contributed by atoms with Crippen LogP contribution >= 0.6 is 0 Å². The van der Waals surface area contributed by atoms with Crippen molar-refractivity contribution in [3.8, 4) is 0 Å². The highest BCUT2D eigenvalue weighted by atomic mass is 32.2. The number of carbonyl (C=O) groups excluding carboxylic acids is 2. The molecule has 2 aliphatic heterocycles. The minimum Gasteiger partial charge on any atom is -0.550 e. The van der Waals surface area contributed by atoms with E-state index in [1.807, 2.05) is 0 Å². The average Bonchev–Trinajstić information content (AvgIpc) is 3.30. The summed E-state index contributed by atoms with van der Waals surface area (Å²) in [6.45, 7) is 0. The number of carbonyl (C=O) groups is 2. The maximum absolute atomic E-state index is 12.6. The summed E-state index contributed by atoms with van der Waals surface area (Å²) in [5.41, 5.74) is 0.778. The number of para-hydroxylation sites is 1. The summed E-state index contributed by atoms with van der Waals surface area (Å²) in [5.74, 6) is -3.82. The van der Waals surface area contributed by atoms with Crippen LogP contribution in [0.5, 0.6) is 0 Å². The molecule has 2 bridgehead atoms. The normalized spacial score (nSPS) is 25.0. The lowest BCUT2D eigenvalue weighted by Crippen LogP contribution is -2.45. The topological polar surface area (TPSA) is 125 Å². The number of amides is 1. The van der Waals surface area contributed by atoms with Gasteiger partial charge in [0.15, 0.2) is 0 Å². The smallest absolute Gasteiger partial charge is 0.261 e. The number of carboxylic acids is 1. The van der Waals surface area contributed by atoms with Crippen LogP contribution in [0.1, 0.15) is 0 Å². The summed E-state index contributed by atoms with van der Waals surface area (Å²) < 4.78 is 32.8. The van der Waals surface area contributed by atoms with E-state index in [-0.39, 0.29) is 4.90 Å². The van der Waals surface area contributed by atoms with Gasteiger partial charge in [0.1, 0.15) is 0 Å². The summed E-state index contributed by atoms with van der Waals surface area (Å²) in [7, 11) is -3.78. The Hall–Kier alpha value is -3.17. The highest BCUT2D eigenvalue weighted by molar-refractivity contribution is 7.92. The molecule has 2 N–H and O–H groups in total. The predicted octanol–water partition coefficient (Wildman–Crippen LogP) is 0.745. The molecule has 0 radical (unpaired) electrons. The molecular formula is C20H17N2O6S-. The van der Waals surface area contributed by atoms with Crippen molar-refractivity contribution in [2.24, 2.45) is 11.8 Å². The number of aliphatic carboxylic acids is 1. The van der Waals surface area contributed by atoms with E-state index in [0.717, 1.165) is 0 Å². The largest absolute Gasteiger partial charge is 0.550 e. The molecule has 8 nitrogen and oxygen atoms in total. The summed E-state index contributed by atoms with van der Waals surface area (Å²) >= 11 is 0. The van der Waals surface area contributed by atoms with Gasteiger partial charge in [-0.1, -0.05) is 30.4 Å². The number of rotatable bonds is 6. The number of ether oxygens (including phenoxy) is 1. The van der Waals surface area contributed by atoms with Crippen molar-refractivity contribution in [2.75, 3.05) is 10.0 Å². The predicted molar refractivity (Wildman–Crippen MR) is 102 cm³/mol. The van der Waals surface area contributed by atoms with Crippen LogP contribution in [0.3, 0.4) is 0 Å². The SMILES string of the molecule is O=C([O-])[C@@H]1[C@H](C(=O)Nc2ccc(S(=O)(=O)Nc3ccccc3)cc2)[C@@H]2C=C[C@H]1O2. The number of hydrogen-bond acceptors (Lipinski definition) is 6. The number of carboxylic acid groups (broad SMARTS) is 1. The van der Waals surface area contributed by atoms with Crippen molar-refractivity contribution >= 4 is 33.3 Å². The number of fused-ring (bicyclic) bond motifs is 2. The average molecular weight is 413 g/mol. The third kappa shape index (κ3) is 3.74. The zero-order valence-electron chi connectivity index (χ0n) is 15.0. The van der Waals surface area contributed by atoms with Gasteiger partial charge >= 0.3 is 0 Å². The van der Waals surface area contributed by atoms with Gasteiger partial charge in [0, 0.05) is 23.3 Å². The standard InChI is InChI=1S/C20H18N2O6S/c23-19(17-15-10-11-16(28-15)18(17)20(24)25)21-12-6-8-14(9-7-12)29(26,27)22-13-4-2-1-3-5-13/h1-11,15-18,22H,(H,21,23)(H,24,25)/p-1/t15-,16+,17+,18-/m0/s1. The van der Waals surface area contributed by atoms with Gasteiger partial charge in [-0.05, 0) is 36.4 Å². The Labute approximate surface area is 167 Å². The first-order valence-corrected chi connectivity index (χ1v) is 10.4. The van der Waals surface area contributed by atoms with E-state index in [9.17, 15) is 23.1 Å². The van der Waals surface area contributed by atoms with Gasteiger partial charge in [-0.2, -0.15) is 0 Å². The third-order valence-corrected chi connectivity index (χ3v) is 6.33. The first-order chi connectivity index (χ1) is 13.8. The highest BCUT2D eigenvalue weighted by Gasteiger charge is 2.50. The molecule has 2 heterocycles. The van der Waals surface area contributed by atoms with Crippen molar-refractivity contribution in [1.29, 1.82) is 0 Å². The second-order valence-electron chi connectivity index (χ2n) is 6.81. The molecule has 2 aromatic rings. The lowest BCUT2D eigenvalue weighted by atomic mass is 9.82. The van der Waals surface area contributed by atoms with Crippen LogP contribution < -0.4 is 15.1 Å². The van der Waals surface area contributed by atoms with E-state index in [1.54, 1.807) is 42.5 Å². The van der Waals surface area contributed by atoms with Gasteiger partial charge in [-0.3, -0.25) is 9.52 Å². The Morgan fingerprint density at radius 3 is 2.10 bits per heavy atom. The Morgan fingerprint density at radius 2 is 1.48 bits per heavy atom. The molecule has 1 fully saturated rings. The fourth-order valence-electron chi connectivity index (χ4n) is 3.56. The Morgan fingerprint density at radius 1 is 0.862 bits per heavy atom. The zero-order chi connectivity index (χ0) is 20.6. The molecule has 1 saturated heterocycles. The number of nitrogens with one attached hydrogen (secondary N) is 2. The van der Waals surface area contributed by atoms with Gasteiger partial charge < -0.3 is 20.0 Å². The molecule has 2 aliphatic rings. The number of benzene rings is 2. The van der Waals surface area contributed by atoms with Crippen molar-refractivity contribution in [2.45, 2.75) is 17.1 Å². The minimum absolute atomic E-state index is 0.0261. The van der Waals surface area contributed by atoms with E-state index in [4.69, 9.17) is 4.74 Å². The Kier molecular flexibility index (Phi) is 4.85. The molecule has 0 aliphatic carbocycles. The van der Waals surface area contributed by atoms with Crippen molar-refractivity contribution < 1.29 is 27.9 Å². The van der Waals surface area contributed by atoms with Gasteiger partial charge in [0.2, 0.25) is 5.91 Å². The monoisotopic (exact) mass is 413 g/mol. The summed E-state index contributed by atoms with van der Waals surface area (Å²) in [5, 5.41) is 14.0. The quantitative estimate of drug-likeness (QED) is 0.673. The maximum atomic E-state index is 12.6. The van der Waals surface area contributed by atoms with E-state index in [2.05, 4.69) is 10.0 Å². The highest BCUT2D eigenvalue weighted by Crippen LogP contribution is 2.39. The molecule has 0 saturated carbocycles. The molecule has 150 valence electrons. The maximum Gasteiger partial charge on any atom is 0.261 e. The van der Waals surface area contributed by atoms with Crippen molar-refractivity contribution in [1.82, 2.24) is 0 Å². The van der Waals surface area contributed by atoms with Crippen molar-refractivity contribution in [3.63, 3.8) is 0 Å². The zero-order valence-corrected chi connectivity index (χ0v) is 15.8. The van der Waals surface area contributed by atoms with Gasteiger partial charge in [-0.15, -0.1) is 0 Å². The van der Waals surface area contributed by atoms with Crippen molar-refractivity contribution in [3.05, 3.63) is 66.7 Å². The van der Waals surface area contributed by atoms with Crippen LogP contribution in [0.4, 0.5) is 11.4 Å². The van der Waals surface area contributed by atoms with Crippen LogP contribution in [0, 0.1) is 11.8 Å². The van der Waals surface area contributed by atoms with Crippen LogP contribution in [0.2, 0.25) is 0 Å². The number of hydrogen-bond donors (Lipinski definition) is 2. The van der Waals surface area contributed by atoms with Crippen LogP contribution in [0.15, 0.2) is 71.6 Å². The molecule has 4 atom stereocenters. The summed E-state index contributed by atoms with van der Waals surface area (Å²) in [6, 6.07) is 14.1. The minimum atomic E-state index is -3.78. The van der Waals surface area contributed by atoms with E-state index >= 15 is 0 Å². The van der Waals surface area contributed by atoms with Crippen LogP contribution in [-0.4, -0.2) is 32.5 Å². The molecule has 2 aromatic carbocycles. The Bertz CT molecular complexity index is 1070.